The van der Waals surface area contributed by atoms with E-state index in [4.69, 9.17) is 10.00 Å². The second-order valence-corrected chi connectivity index (χ2v) is 6.26. The lowest BCUT2D eigenvalue weighted by Gasteiger charge is -2.21. The molecule has 0 spiro atoms. The van der Waals surface area contributed by atoms with E-state index in [1.807, 2.05) is 6.07 Å². The van der Waals surface area contributed by atoms with Crippen LogP contribution in [0.1, 0.15) is 50.8 Å². The molecule has 1 unspecified atom stereocenters. The third-order valence-electron chi connectivity index (χ3n) is 3.37. The average molecular weight is 283 g/mol. The van der Waals surface area contributed by atoms with Gasteiger partial charge < -0.3 is 4.74 Å². The molecule has 21 heavy (non-hydrogen) atoms. The number of hydrogen-bond donors (Lipinski definition) is 0. The van der Waals surface area contributed by atoms with Crippen LogP contribution < -0.4 is 0 Å². The van der Waals surface area contributed by atoms with Crippen molar-refractivity contribution in [2.24, 2.45) is 0 Å². The monoisotopic (exact) mass is 283 g/mol. The highest BCUT2D eigenvalue weighted by molar-refractivity contribution is 5.81. The average Bonchev–Trinajstić information content (AvgIpc) is 3.19. The van der Waals surface area contributed by atoms with Crippen molar-refractivity contribution >= 4 is 5.97 Å². The Morgan fingerprint density at radius 2 is 2.05 bits per heavy atom. The fraction of sp³-hybridized carbons (Fsp3) is 0.500. The molecule has 108 valence electrons. The maximum atomic E-state index is 12.0. The highest BCUT2D eigenvalue weighted by Gasteiger charge is 2.45. The summed E-state index contributed by atoms with van der Waals surface area (Å²) in [6.07, 6.45) is 3.25. The molecule has 2 rings (SSSR count). The SMILES string of the molecule is CC(C)(C)OC(=O)C(C#N)c1ccc(C2(C#N)CC2)cn1. The van der Waals surface area contributed by atoms with Crippen molar-refractivity contribution in [1.29, 1.82) is 10.5 Å². The molecule has 0 N–H and O–H groups in total. The minimum Gasteiger partial charge on any atom is -0.459 e. The van der Waals surface area contributed by atoms with E-state index in [2.05, 4.69) is 11.1 Å². The van der Waals surface area contributed by atoms with Crippen LogP contribution in [-0.4, -0.2) is 16.6 Å². The molecule has 1 heterocycles. The first kappa shape index (κ1) is 15.0. The molecule has 1 saturated carbocycles. The number of rotatable bonds is 3. The second-order valence-electron chi connectivity index (χ2n) is 6.26. The number of nitriles is 2. The summed E-state index contributed by atoms with van der Waals surface area (Å²) in [7, 11) is 0. The number of aromatic nitrogens is 1. The molecule has 1 fully saturated rings. The summed E-state index contributed by atoms with van der Waals surface area (Å²) in [5.41, 5.74) is 0.129. The minimum absolute atomic E-state index is 0.351. The summed E-state index contributed by atoms with van der Waals surface area (Å²) >= 11 is 0. The van der Waals surface area contributed by atoms with Crippen LogP contribution in [0, 0.1) is 22.7 Å². The molecule has 0 saturated heterocycles. The Bertz CT molecular complexity index is 625. The lowest BCUT2D eigenvalue weighted by molar-refractivity contribution is -0.155. The smallest absolute Gasteiger partial charge is 0.330 e. The van der Waals surface area contributed by atoms with Gasteiger partial charge in [-0.25, -0.2) is 0 Å². The van der Waals surface area contributed by atoms with Gasteiger partial charge in [0.2, 0.25) is 0 Å². The molecule has 5 nitrogen and oxygen atoms in total. The zero-order valence-corrected chi connectivity index (χ0v) is 12.4. The van der Waals surface area contributed by atoms with Gasteiger partial charge in [-0.05, 0) is 45.2 Å². The zero-order chi connectivity index (χ0) is 15.7. The maximum absolute atomic E-state index is 12.0. The fourth-order valence-corrected chi connectivity index (χ4v) is 2.05. The largest absolute Gasteiger partial charge is 0.459 e. The Labute approximate surface area is 124 Å². The van der Waals surface area contributed by atoms with Gasteiger partial charge in [-0.1, -0.05) is 6.07 Å². The van der Waals surface area contributed by atoms with Crippen molar-refractivity contribution in [1.82, 2.24) is 4.98 Å². The molecule has 0 amide bonds. The molecule has 1 atom stereocenters. The van der Waals surface area contributed by atoms with Gasteiger partial charge in [0.25, 0.3) is 0 Å². The van der Waals surface area contributed by atoms with Crippen LogP contribution in [-0.2, 0) is 14.9 Å². The third kappa shape index (κ3) is 3.20. The van der Waals surface area contributed by atoms with Gasteiger partial charge >= 0.3 is 5.97 Å². The summed E-state index contributed by atoms with van der Waals surface area (Å²) in [6, 6.07) is 7.62. The minimum atomic E-state index is -1.05. The molecular formula is C16H17N3O2. The van der Waals surface area contributed by atoms with Gasteiger partial charge in [-0.3, -0.25) is 9.78 Å². The quantitative estimate of drug-likeness (QED) is 0.796. The van der Waals surface area contributed by atoms with Crippen molar-refractivity contribution in [3.63, 3.8) is 0 Å². The molecule has 1 aliphatic rings. The molecule has 1 aromatic heterocycles. The first-order valence-corrected chi connectivity index (χ1v) is 6.81. The van der Waals surface area contributed by atoms with E-state index in [1.54, 1.807) is 39.1 Å². The van der Waals surface area contributed by atoms with Crippen molar-refractivity contribution in [3.05, 3.63) is 29.6 Å². The van der Waals surface area contributed by atoms with Gasteiger partial charge in [-0.2, -0.15) is 10.5 Å². The number of carbonyl (C=O) groups is 1. The number of hydrogen-bond acceptors (Lipinski definition) is 5. The molecule has 0 radical (unpaired) electrons. The van der Waals surface area contributed by atoms with E-state index >= 15 is 0 Å². The van der Waals surface area contributed by atoms with E-state index in [0.29, 0.717) is 5.69 Å². The van der Waals surface area contributed by atoms with Crippen LogP contribution in [0.2, 0.25) is 0 Å². The first-order valence-electron chi connectivity index (χ1n) is 6.81. The predicted octanol–water partition coefficient (Wildman–Crippen LogP) is 2.59. The van der Waals surface area contributed by atoms with Gasteiger partial charge in [0, 0.05) is 6.20 Å². The molecule has 1 aromatic rings. The highest BCUT2D eigenvalue weighted by Crippen LogP contribution is 2.47. The Morgan fingerprint density at radius 1 is 1.38 bits per heavy atom. The van der Waals surface area contributed by atoms with E-state index in [9.17, 15) is 10.1 Å². The Hall–Kier alpha value is -2.40. The van der Waals surface area contributed by atoms with Crippen LogP contribution in [0.15, 0.2) is 18.3 Å². The topological polar surface area (TPSA) is 86.8 Å². The third-order valence-corrected chi connectivity index (χ3v) is 3.37. The lowest BCUT2D eigenvalue weighted by Crippen LogP contribution is -2.27. The van der Waals surface area contributed by atoms with Crippen LogP contribution in [0.25, 0.3) is 0 Å². The predicted molar refractivity (Wildman–Crippen MR) is 75.0 cm³/mol. The van der Waals surface area contributed by atoms with Gasteiger partial charge in [0.15, 0.2) is 5.92 Å². The lowest BCUT2D eigenvalue weighted by atomic mass is 9.98. The number of carbonyl (C=O) groups excluding carboxylic acids is 1. The van der Waals surface area contributed by atoms with Crippen molar-refractivity contribution in [2.45, 2.75) is 50.5 Å². The highest BCUT2D eigenvalue weighted by atomic mass is 16.6. The molecular weight excluding hydrogens is 266 g/mol. The number of pyridine rings is 1. The summed E-state index contributed by atoms with van der Waals surface area (Å²) in [6.45, 7) is 5.25. The van der Waals surface area contributed by atoms with Crippen LogP contribution in [0.5, 0.6) is 0 Å². The van der Waals surface area contributed by atoms with Crippen molar-refractivity contribution in [3.8, 4) is 12.1 Å². The van der Waals surface area contributed by atoms with Crippen LogP contribution >= 0.6 is 0 Å². The number of nitrogens with zero attached hydrogens (tertiary/aromatic N) is 3. The Kier molecular flexibility index (Phi) is 3.70. The zero-order valence-electron chi connectivity index (χ0n) is 12.4. The van der Waals surface area contributed by atoms with E-state index in [-0.39, 0.29) is 0 Å². The number of esters is 1. The Balaban J connectivity index is 2.19. The molecule has 0 bridgehead atoms. The molecule has 1 aliphatic carbocycles. The van der Waals surface area contributed by atoms with Gasteiger partial charge in [-0.15, -0.1) is 0 Å². The summed E-state index contributed by atoms with van der Waals surface area (Å²) in [5.74, 6) is -1.65. The van der Waals surface area contributed by atoms with Gasteiger partial charge in [0.05, 0.1) is 23.2 Å². The van der Waals surface area contributed by atoms with Crippen molar-refractivity contribution < 1.29 is 9.53 Å². The van der Waals surface area contributed by atoms with Crippen LogP contribution in [0.3, 0.4) is 0 Å². The van der Waals surface area contributed by atoms with E-state index in [1.165, 1.54) is 0 Å². The Morgan fingerprint density at radius 3 is 2.43 bits per heavy atom. The summed E-state index contributed by atoms with van der Waals surface area (Å²) < 4.78 is 5.22. The molecule has 0 aromatic carbocycles. The van der Waals surface area contributed by atoms with E-state index < -0.39 is 22.9 Å². The standard InChI is InChI=1S/C16H17N3O2/c1-15(2,3)21-14(20)12(8-17)13-5-4-11(9-19-13)16(10-18)6-7-16/h4-5,9,12H,6-7H2,1-3H3. The summed E-state index contributed by atoms with van der Waals surface area (Å²) in [4.78, 5) is 16.2. The summed E-state index contributed by atoms with van der Waals surface area (Å²) in [5, 5.41) is 18.3. The second kappa shape index (κ2) is 5.18. The first-order chi connectivity index (χ1) is 9.81. The van der Waals surface area contributed by atoms with Crippen LogP contribution in [0.4, 0.5) is 0 Å². The maximum Gasteiger partial charge on any atom is 0.330 e. The van der Waals surface area contributed by atoms with Crippen molar-refractivity contribution in [2.75, 3.05) is 0 Å². The fourth-order valence-electron chi connectivity index (χ4n) is 2.05. The van der Waals surface area contributed by atoms with Gasteiger partial charge in [0.1, 0.15) is 5.60 Å². The number of ether oxygens (including phenoxy) is 1. The van der Waals surface area contributed by atoms with E-state index in [0.717, 1.165) is 18.4 Å². The normalized spacial score (nSPS) is 17.2. The molecule has 0 aliphatic heterocycles. The molecule has 5 heteroatoms.